The number of nitro groups is 1. The molecule has 0 unspecified atom stereocenters. The topological polar surface area (TPSA) is 162 Å². The first-order chi connectivity index (χ1) is 11.4. The Kier molecular flexibility index (Phi) is 4.67. The number of hydrogen-bond donors (Lipinski definition) is 3. The molecule has 0 fully saturated rings. The molecule has 1 heterocycles. The van der Waals surface area contributed by atoms with E-state index in [9.17, 15) is 25.1 Å². The van der Waals surface area contributed by atoms with E-state index in [-0.39, 0.29) is 17.0 Å². The first kappa shape index (κ1) is 16.4. The fourth-order valence-corrected chi connectivity index (χ4v) is 1.71. The van der Waals surface area contributed by atoms with E-state index in [0.29, 0.717) is 0 Å². The van der Waals surface area contributed by atoms with Crippen molar-refractivity contribution in [1.82, 2.24) is 9.97 Å². The van der Waals surface area contributed by atoms with Crippen molar-refractivity contribution >= 4 is 23.5 Å². The van der Waals surface area contributed by atoms with E-state index < -0.39 is 28.0 Å². The number of nitrogens with one attached hydrogen (secondary N) is 1. The molecule has 0 aliphatic rings. The van der Waals surface area contributed by atoms with Crippen LogP contribution < -0.4 is 5.32 Å². The number of phenols is 2. The van der Waals surface area contributed by atoms with Gasteiger partial charge in [-0.2, -0.15) is 5.26 Å². The van der Waals surface area contributed by atoms with Gasteiger partial charge in [0.25, 0.3) is 5.91 Å². The third kappa shape index (κ3) is 3.60. The number of phenolic OH excluding ortho intramolecular Hbond substituents is 2. The van der Waals surface area contributed by atoms with Gasteiger partial charge in [0.1, 0.15) is 23.8 Å². The van der Waals surface area contributed by atoms with Crippen LogP contribution in [0.15, 0.2) is 36.3 Å². The van der Waals surface area contributed by atoms with Gasteiger partial charge in [-0.1, -0.05) is 0 Å². The molecule has 10 heteroatoms. The van der Waals surface area contributed by atoms with Crippen LogP contribution in [0.1, 0.15) is 5.56 Å². The quantitative estimate of drug-likeness (QED) is 0.249. The normalized spacial score (nSPS) is 10.7. The maximum atomic E-state index is 12.0. The van der Waals surface area contributed by atoms with Gasteiger partial charge in [-0.25, -0.2) is 9.97 Å². The lowest BCUT2D eigenvalue weighted by Gasteiger charge is -2.04. The van der Waals surface area contributed by atoms with Gasteiger partial charge >= 0.3 is 5.69 Å². The number of aromatic hydroxyl groups is 2. The summed E-state index contributed by atoms with van der Waals surface area (Å²) in [7, 11) is 0. The van der Waals surface area contributed by atoms with Gasteiger partial charge in [0, 0.05) is 12.3 Å². The van der Waals surface area contributed by atoms with E-state index in [0.717, 1.165) is 18.2 Å². The summed E-state index contributed by atoms with van der Waals surface area (Å²) >= 11 is 0. The van der Waals surface area contributed by atoms with Crippen LogP contribution >= 0.6 is 0 Å². The van der Waals surface area contributed by atoms with Crippen LogP contribution in [0.2, 0.25) is 0 Å². The van der Waals surface area contributed by atoms with E-state index in [1.54, 1.807) is 6.07 Å². The Morgan fingerprint density at radius 3 is 2.75 bits per heavy atom. The predicted octanol–water partition coefficient (Wildman–Crippen LogP) is 1.34. The first-order valence-electron chi connectivity index (χ1n) is 6.32. The zero-order valence-electron chi connectivity index (χ0n) is 11.9. The van der Waals surface area contributed by atoms with Crippen molar-refractivity contribution in [3.05, 3.63) is 52.0 Å². The summed E-state index contributed by atoms with van der Waals surface area (Å²) in [5.74, 6) is -2.29. The minimum Gasteiger partial charge on any atom is -0.504 e. The zero-order valence-corrected chi connectivity index (χ0v) is 11.9. The molecule has 1 amide bonds. The van der Waals surface area contributed by atoms with Gasteiger partial charge < -0.3 is 15.5 Å². The third-order valence-electron chi connectivity index (χ3n) is 2.79. The average Bonchev–Trinajstić information content (AvgIpc) is 2.56. The number of aromatic nitrogens is 2. The number of amides is 1. The fourth-order valence-electron chi connectivity index (χ4n) is 1.71. The summed E-state index contributed by atoms with van der Waals surface area (Å²) in [6, 6.07) is 4.96. The van der Waals surface area contributed by atoms with Gasteiger partial charge in [-0.3, -0.25) is 14.9 Å². The van der Waals surface area contributed by atoms with Crippen molar-refractivity contribution in [1.29, 1.82) is 5.26 Å². The van der Waals surface area contributed by atoms with E-state index in [1.165, 1.54) is 18.6 Å². The molecule has 0 aliphatic heterocycles. The van der Waals surface area contributed by atoms with Gasteiger partial charge in [-0.15, -0.1) is 0 Å². The Balaban J connectivity index is 2.35. The van der Waals surface area contributed by atoms with Crippen LogP contribution in [0.4, 0.5) is 11.5 Å². The molecule has 0 saturated carbocycles. The van der Waals surface area contributed by atoms with E-state index in [2.05, 4.69) is 15.3 Å². The molecule has 0 bridgehead atoms. The zero-order chi connectivity index (χ0) is 17.7. The number of rotatable bonds is 4. The van der Waals surface area contributed by atoms with Crippen molar-refractivity contribution in [2.75, 3.05) is 5.32 Å². The van der Waals surface area contributed by atoms with E-state index in [4.69, 9.17) is 5.26 Å². The molecule has 0 radical (unpaired) electrons. The molecule has 0 aliphatic carbocycles. The van der Waals surface area contributed by atoms with Gasteiger partial charge in [-0.05, 0) is 23.8 Å². The van der Waals surface area contributed by atoms with Crippen LogP contribution in [0.3, 0.4) is 0 Å². The first-order valence-corrected chi connectivity index (χ1v) is 6.32. The number of benzene rings is 1. The maximum absolute atomic E-state index is 12.0. The molecule has 1 aromatic carbocycles. The van der Waals surface area contributed by atoms with Crippen molar-refractivity contribution in [3.63, 3.8) is 0 Å². The number of nitro benzene ring substituents is 1. The monoisotopic (exact) mass is 327 g/mol. The van der Waals surface area contributed by atoms with Crippen molar-refractivity contribution in [3.8, 4) is 17.6 Å². The van der Waals surface area contributed by atoms with Crippen LogP contribution in [-0.2, 0) is 4.79 Å². The Morgan fingerprint density at radius 1 is 1.42 bits per heavy atom. The Hall–Kier alpha value is -4.00. The molecule has 1 aromatic heterocycles. The number of hydrogen-bond acceptors (Lipinski definition) is 8. The molecule has 0 atom stereocenters. The predicted molar refractivity (Wildman–Crippen MR) is 80.7 cm³/mol. The minimum atomic E-state index is -0.903. The number of anilines is 1. The lowest BCUT2D eigenvalue weighted by molar-refractivity contribution is -0.386. The number of carbonyl (C=O) groups excluding carboxylic acids is 1. The number of carbonyl (C=O) groups is 1. The molecule has 0 spiro atoms. The standard InChI is InChI=1S/C14H9N5O5/c15-6-9(14(22)18-12-1-2-16-7-17-12)3-8-4-10(19(23)24)13(21)11(20)5-8/h1-5,7,20-21H,(H,16,17,18,22)/b9-3+. The molecular weight excluding hydrogens is 318 g/mol. The van der Waals surface area contributed by atoms with E-state index >= 15 is 0 Å². The smallest absolute Gasteiger partial charge is 0.315 e. The highest BCUT2D eigenvalue weighted by Gasteiger charge is 2.19. The molecular formula is C14H9N5O5. The van der Waals surface area contributed by atoms with Crippen molar-refractivity contribution in [2.24, 2.45) is 0 Å². The second-order valence-electron chi connectivity index (χ2n) is 4.38. The van der Waals surface area contributed by atoms with Crippen LogP contribution in [0, 0.1) is 21.4 Å². The largest absolute Gasteiger partial charge is 0.504 e. The molecule has 3 N–H and O–H groups in total. The van der Waals surface area contributed by atoms with Gasteiger partial charge in [0.15, 0.2) is 5.75 Å². The van der Waals surface area contributed by atoms with Gasteiger partial charge in [0.2, 0.25) is 5.75 Å². The Labute approximate surface area is 134 Å². The second kappa shape index (κ2) is 6.84. The molecule has 10 nitrogen and oxygen atoms in total. The lowest BCUT2D eigenvalue weighted by atomic mass is 10.1. The SMILES string of the molecule is N#C/C(=C\c1cc(O)c(O)c([N+](=O)[O-])c1)C(=O)Nc1ccncn1. The number of nitriles is 1. The Bertz CT molecular complexity index is 873. The summed E-state index contributed by atoms with van der Waals surface area (Å²) in [6.45, 7) is 0. The molecule has 0 saturated heterocycles. The summed E-state index contributed by atoms with van der Waals surface area (Å²) in [5.41, 5.74) is -1.14. The maximum Gasteiger partial charge on any atom is 0.315 e. The third-order valence-corrected chi connectivity index (χ3v) is 2.79. The average molecular weight is 327 g/mol. The highest BCUT2D eigenvalue weighted by Crippen LogP contribution is 2.36. The van der Waals surface area contributed by atoms with Crippen LogP contribution in [0.25, 0.3) is 6.08 Å². The molecule has 2 rings (SSSR count). The summed E-state index contributed by atoms with van der Waals surface area (Å²) in [4.78, 5) is 29.4. The highest BCUT2D eigenvalue weighted by atomic mass is 16.6. The molecule has 2 aromatic rings. The van der Waals surface area contributed by atoms with Gasteiger partial charge in [0.05, 0.1) is 4.92 Å². The van der Waals surface area contributed by atoms with Crippen molar-refractivity contribution < 1.29 is 19.9 Å². The van der Waals surface area contributed by atoms with Crippen LogP contribution in [-0.4, -0.2) is 31.0 Å². The van der Waals surface area contributed by atoms with Crippen molar-refractivity contribution in [2.45, 2.75) is 0 Å². The molecule has 120 valence electrons. The lowest BCUT2D eigenvalue weighted by Crippen LogP contribution is -2.14. The second-order valence-corrected chi connectivity index (χ2v) is 4.38. The highest BCUT2D eigenvalue weighted by molar-refractivity contribution is 6.09. The van der Waals surface area contributed by atoms with E-state index in [1.807, 2.05) is 0 Å². The van der Waals surface area contributed by atoms with Crippen LogP contribution in [0.5, 0.6) is 11.5 Å². The minimum absolute atomic E-state index is 0.00797. The summed E-state index contributed by atoms with van der Waals surface area (Å²) in [5, 5.41) is 41.2. The number of nitrogens with zero attached hydrogens (tertiary/aromatic N) is 4. The summed E-state index contributed by atoms with van der Waals surface area (Å²) in [6.07, 6.45) is 3.62. The molecule has 24 heavy (non-hydrogen) atoms. The summed E-state index contributed by atoms with van der Waals surface area (Å²) < 4.78 is 0. The Morgan fingerprint density at radius 2 is 2.17 bits per heavy atom. The fraction of sp³-hybridized carbons (Fsp3) is 0.